The van der Waals surface area contributed by atoms with Gasteiger partial charge in [-0.2, -0.15) is 0 Å². The zero-order valence-corrected chi connectivity index (χ0v) is 12.4. The lowest BCUT2D eigenvalue weighted by Gasteiger charge is -2.04. The number of hydrogen-bond donors (Lipinski definition) is 1. The molecule has 0 bridgehead atoms. The Kier molecular flexibility index (Phi) is 3.18. The summed E-state index contributed by atoms with van der Waals surface area (Å²) in [7, 11) is 0. The van der Waals surface area contributed by atoms with E-state index in [0.29, 0.717) is 21.8 Å². The maximum absolute atomic E-state index is 12.7. The van der Waals surface area contributed by atoms with E-state index >= 15 is 0 Å². The molecule has 0 radical (unpaired) electrons. The van der Waals surface area contributed by atoms with Crippen molar-refractivity contribution in [2.75, 3.05) is 0 Å². The number of ketones is 1. The third-order valence-corrected chi connectivity index (χ3v) is 3.84. The molecular weight excluding hydrogens is 288 g/mol. The van der Waals surface area contributed by atoms with Crippen molar-refractivity contribution in [2.24, 2.45) is 0 Å². The summed E-state index contributed by atoms with van der Waals surface area (Å²) in [5.41, 5.74) is 2.96. The van der Waals surface area contributed by atoms with Gasteiger partial charge in [-0.05, 0) is 32.0 Å². The van der Waals surface area contributed by atoms with Crippen LogP contribution in [-0.4, -0.2) is 15.2 Å². The summed E-state index contributed by atoms with van der Waals surface area (Å²) < 4.78 is 1.52. The number of rotatable bonds is 2. The molecule has 0 fully saturated rings. The molecule has 1 N–H and O–H groups in total. The van der Waals surface area contributed by atoms with Crippen molar-refractivity contribution in [3.63, 3.8) is 0 Å². The van der Waals surface area contributed by atoms with Crippen molar-refractivity contribution in [3.8, 4) is 0 Å². The lowest BCUT2D eigenvalue weighted by atomic mass is 10.0. The molecule has 0 atom stereocenters. The van der Waals surface area contributed by atoms with Crippen LogP contribution < -0.4 is 5.56 Å². The Hall–Kier alpha value is -2.33. The Morgan fingerprint density at radius 2 is 1.95 bits per heavy atom. The van der Waals surface area contributed by atoms with Gasteiger partial charge in [-0.15, -0.1) is 0 Å². The number of imidazole rings is 1. The Labute approximate surface area is 126 Å². The Bertz CT molecular complexity index is 922. The molecule has 2 heterocycles. The number of benzene rings is 1. The molecule has 21 heavy (non-hydrogen) atoms. The van der Waals surface area contributed by atoms with Crippen molar-refractivity contribution in [1.82, 2.24) is 9.38 Å². The topological polar surface area (TPSA) is 54.3 Å². The molecule has 0 aliphatic heterocycles. The van der Waals surface area contributed by atoms with Crippen molar-refractivity contribution in [1.29, 1.82) is 0 Å². The fraction of sp³-hybridized carbons (Fsp3) is 0.125. The molecule has 2 aromatic heterocycles. The summed E-state index contributed by atoms with van der Waals surface area (Å²) in [6, 6.07) is 9.73. The molecule has 1 aromatic carbocycles. The predicted molar refractivity (Wildman–Crippen MR) is 82.4 cm³/mol. The van der Waals surface area contributed by atoms with Crippen LogP contribution >= 0.6 is 11.6 Å². The number of nitrogens with zero attached hydrogens (tertiary/aromatic N) is 1. The Balaban J connectivity index is 2.26. The molecule has 4 nitrogen and oxygen atoms in total. The summed E-state index contributed by atoms with van der Waals surface area (Å²) in [5.74, 6) is -0.170. The van der Waals surface area contributed by atoms with Gasteiger partial charge >= 0.3 is 0 Å². The van der Waals surface area contributed by atoms with E-state index in [9.17, 15) is 9.59 Å². The molecule has 0 aliphatic carbocycles. The van der Waals surface area contributed by atoms with Crippen molar-refractivity contribution in [3.05, 3.63) is 74.3 Å². The number of halogens is 1. The van der Waals surface area contributed by atoms with E-state index in [4.69, 9.17) is 11.6 Å². The minimum absolute atomic E-state index is 0.158. The number of hydrogen-bond acceptors (Lipinski definition) is 2. The molecule has 106 valence electrons. The van der Waals surface area contributed by atoms with E-state index in [0.717, 1.165) is 11.4 Å². The number of aromatic nitrogens is 2. The van der Waals surface area contributed by atoms with Gasteiger partial charge in [-0.25, -0.2) is 0 Å². The molecule has 0 saturated heterocycles. The maximum Gasteiger partial charge on any atom is 0.256 e. The monoisotopic (exact) mass is 300 g/mol. The summed E-state index contributed by atoms with van der Waals surface area (Å²) in [4.78, 5) is 27.7. The van der Waals surface area contributed by atoms with Gasteiger partial charge < -0.3 is 4.98 Å². The molecule has 5 heteroatoms. The van der Waals surface area contributed by atoms with Crippen LogP contribution in [0.1, 0.15) is 27.3 Å². The zero-order valence-electron chi connectivity index (χ0n) is 11.6. The first-order chi connectivity index (χ1) is 9.99. The van der Waals surface area contributed by atoms with Crippen LogP contribution in [0.3, 0.4) is 0 Å². The molecule has 0 unspecified atom stereocenters. The average Bonchev–Trinajstić information content (AvgIpc) is 2.75. The van der Waals surface area contributed by atoms with E-state index in [-0.39, 0.29) is 11.3 Å². The first-order valence-electron chi connectivity index (χ1n) is 6.50. The molecule has 0 spiro atoms. The van der Waals surface area contributed by atoms with E-state index in [2.05, 4.69) is 4.98 Å². The predicted octanol–water partition coefficient (Wildman–Crippen LogP) is 3.13. The first kappa shape index (κ1) is 13.6. The van der Waals surface area contributed by atoms with Gasteiger partial charge in [0.2, 0.25) is 0 Å². The van der Waals surface area contributed by atoms with Crippen LogP contribution in [0.25, 0.3) is 5.65 Å². The van der Waals surface area contributed by atoms with Crippen LogP contribution in [0.5, 0.6) is 0 Å². The van der Waals surface area contributed by atoms with Crippen LogP contribution in [0.2, 0.25) is 5.02 Å². The van der Waals surface area contributed by atoms with Crippen LogP contribution in [0.15, 0.2) is 41.2 Å². The van der Waals surface area contributed by atoms with Gasteiger partial charge in [0.05, 0.1) is 5.56 Å². The van der Waals surface area contributed by atoms with Gasteiger partial charge in [0, 0.05) is 28.0 Å². The van der Waals surface area contributed by atoms with Gasteiger partial charge in [0.15, 0.2) is 5.78 Å². The van der Waals surface area contributed by atoms with Gasteiger partial charge in [0.25, 0.3) is 5.56 Å². The van der Waals surface area contributed by atoms with Crippen LogP contribution in [0.4, 0.5) is 0 Å². The minimum atomic E-state index is -0.170. The van der Waals surface area contributed by atoms with E-state index in [1.807, 2.05) is 13.8 Å². The highest BCUT2D eigenvalue weighted by molar-refractivity contribution is 6.31. The quantitative estimate of drug-likeness (QED) is 0.739. The normalized spacial score (nSPS) is 11.0. The molecule has 0 amide bonds. The largest absolute Gasteiger partial charge is 0.343 e. The van der Waals surface area contributed by atoms with Crippen molar-refractivity contribution < 1.29 is 4.79 Å². The van der Waals surface area contributed by atoms with Crippen molar-refractivity contribution >= 4 is 23.0 Å². The zero-order chi connectivity index (χ0) is 15.1. The highest BCUT2D eigenvalue weighted by Gasteiger charge is 2.17. The highest BCUT2D eigenvalue weighted by atomic mass is 35.5. The third kappa shape index (κ3) is 2.17. The van der Waals surface area contributed by atoms with E-state index < -0.39 is 0 Å². The van der Waals surface area contributed by atoms with Crippen LogP contribution in [0, 0.1) is 13.8 Å². The number of nitrogens with one attached hydrogen (secondary N) is 1. The van der Waals surface area contributed by atoms with Gasteiger partial charge in [0.1, 0.15) is 5.65 Å². The number of carbonyl (C=O) groups is 1. The van der Waals surface area contributed by atoms with Crippen LogP contribution in [-0.2, 0) is 0 Å². The van der Waals surface area contributed by atoms with Gasteiger partial charge in [-0.3, -0.25) is 14.0 Å². The lowest BCUT2D eigenvalue weighted by Crippen LogP contribution is -2.15. The minimum Gasteiger partial charge on any atom is -0.343 e. The third-order valence-electron chi connectivity index (χ3n) is 3.61. The summed E-state index contributed by atoms with van der Waals surface area (Å²) in [5, 5.41) is 0.504. The lowest BCUT2D eigenvalue weighted by molar-refractivity contribution is 0.104. The number of aromatic amines is 1. The maximum atomic E-state index is 12.7. The van der Waals surface area contributed by atoms with Crippen molar-refractivity contribution in [2.45, 2.75) is 13.8 Å². The number of H-pyrrole nitrogens is 1. The molecule has 3 aromatic rings. The standard InChI is InChI=1S/C16H13ClN2O2/c1-9-10(2)19-14(20)7-6-13(16(19)18-9)15(21)11-4-3-5-12(17)8-11/h3-8,18H,1-2H3. The second-order valence-corrected chi connectivity index (χ2v) is 5.38. The second kappa shape index (κ2) is 4.90. The first-order valence-corrected chi connectivity index (χ1v) is 6.88. The summed E-state index contributed by atoms with van der Waals surface area (Å²) in [6.07, 6.45) is 0. The van der Waals surface area contributed by atoms with E-state index in [1.165, 1.54) is 10.5 Å². The second-order valence-electron chi connectivity index (χ2n) is 4.94. The fourth-order valence-corrected chi connectivity index (χ4v) is 2.59. The average molecular weight is 301 g/mol. The number of carbonyl (C=O) groups excluding carboxylic acids is 1. The molecule has 0 aliphatic rings. The Morgan fingerprint density at radius 3 is 2.67 bits per heavy atom. The molecule has 0 saturated carbocycles. The summed E-state index contributed by atoms with van der Waals surface area (Å²) >= 11 is 5.93. The fourth-order valence-electron chi connectivity index (χ4n) is 2.40. The molecule has 3 rings (SSSR count). The van der Waals surface area contributed by atoms with Gasteiger partial charge in [-0.1, -0.05) is 23.7 Å². The SMILES string of the molecule is Cc1[nH]c2c(C(=O)c3cccc(Cl)c3)ccc(=O)n2c1C. The smallest absolute Gasteiger partial charge is 0.256 e. The summed E-state index contributed by atoms with van der Waals surface area (Å²) in [6.45, 7) is 3.71. The molecular formula is C16H13ClN2O2. The number of aryl methyl sites for hydroxylation is 2. The number of pyridine rings is 1. The number of fused-ring (bicyclic) bond motifs is 1. The van der Waals surface area contributed by atoms with E-state index in [1.54, 1.807) is 30.3 Å². The highest BCUT2D eigenvalue weighted by Crippen LogP contribution is 2.18. The Morgan fingerprint density at radius 1 is 1.19 bits per heavy atom.